The average Bonchev–Trinajstić information content (AvgIpc) is 2.20. The van der Waals surface area contributed by atoms with Gasteiger partial charge in [-0.25, -0.2) is 0 Å². The molecule has 0 aliphatic carbocycles. The Hall–Kier alpha value is -1.70. The van der Waals surface area contributed by atoms with Gasteiger partial charge in [0.2, 0.25) is 0 Å². The molecule has 0 radical (unpaired) electrons. The molecule has 1 aromatic carbocycles. The standard InChI is InChI=1S/C10H8BrF2NO4/c11-10(12,13)9(18)14-6-3-5(4-8(16)17)1-2-7(6)15/h1-3,15H,4H2,(H,14,18)(H,16,17). The molecule has 5 nitrogen and oxygen atoms in total. The van der Waals surface area contributed by atoms with Crippen LogP contribution < -0.4 is 5.32 Å². The van der Waals surface area contributed by atoms with Crippen LogP contribution in [0.5, 0.6) is 5.75 Å². The van der Waals surface area contributed by atoms with Crippen LogP contribution in [-0.4, -0.2) is 26.9 Å². The molecule has 0 saturated carbocycles. The van der Waals surface area contributed by atoms with Crippen molar-refractivity contribution in [1.29, 1.82) is 0 Å². The van der Waals surface area contributed by atoms with Crippen LogP contribution in [0.25, 0.3) is 0 Å². The maximum atomic E-state index is 12.6. The van der Waals surface area contributed by atoms with Gasteiger partial charge in [-0.15, -0.1) is 0 Å². The van der Waals surface area contributed by atoms with Crippen molar-refractivity contribution >= 4 is 33.5 Å². The molecule has 3 N–H and O–H groups in total. The topological polar surface area (TPSA) is 86.6 Å². The fraction of sp³-hybridized carbons (Fsp3) is 0.200. The average molecular weight is 324 g/mol. The SMILES string of the molecule is O=C(O)Cc1ccc(O)c(NC(=O)C(F)(F)Br)c1. The van der Waals surface area contributed by atoms with Gasteiger partial charge in [0.15, 0.2) is 0 Å². The number of carbonyl (C=O) groups excluding carboxylic acids is 1. The van der Waals surface area contributed by atoms with Crippen LogP contribution >= 0.6 is 15.9 Å². The molecule has 0 aromatic heterocycles. The highest BCUT2D eigenvalue weighted by Gasteiger charge is 2.35. The van der Waals surface area contributed by atoms with E-state index in [0.717, 1.165) is 12.1 Å². The Morgan fingerprint density at radius 3 is 2.50 bits per heavy atom. The van der Waals surface area contributed by atoms with E-state index in [-0.39, 0.29) is 17.7 Å². The lowest BCUT2D eigenvalue weighted by Gasteiger charge is -2.11. The second kappa shape index (κ2) is 5.30. The lowest BCUT2D eigenvalue weighted by Crippen LogP contribution is -2.28. The number of phenolic OH excluding ortho intramolecular Hbond substituents is 1. The summed E-state index contributed by atoms with van der Waals surface area (Å²) in [4.78, 5) is 17.7. The Bertz CT molecular complexity index is 487. The molecule has 0 fully saturated rings. The minimum absolute atomic E-state index is 0.258. The molecular weight excluding hydrogens is 316 g/mol. The molecule has 0 unspecified atom stereocenters. The molecule has 0 bridgehead atoms. The van der Waals surface area contributed by atoms with Crippen LogP contribution in [-0.2, 0) is 16.0 Å². The maximum absolute atomic E-state index is 12.6. The summed E-state index contributed by atoms with van der Waals surface area (Å²) in [5.41, 5.74) is -0.0219. The molecule has 1 aromatic rings. The summed E-state index contributed by atoms with van der Waals surface area (Å²) in [6.07, 6.45) is -0.353. The lowest BCUT2D eigenvalue weighted by atomic mass is 10.1. The number of hydrogen-bond acceptors (Lipinski definition) is 3. The normalized spacial score (nSPS) is 11.1. The molecule has 0 aliphatic rings. The fourth-order valence-electron chi connectivity index (χ4n) is 1.16. The zero-order valence-electron chi connectivity index (χ0n) is 8.78. The van der Waals surface area contributed by atoms with Crippen LogP contribution in [0.4, 0.5) is 14.5 Å². The highest BCUT2D eigenvalue weighted by molar-refractivity contribution is 9.10. The van der Waals surface area contributed by atoms with Gasteiger partial charge in [0.1, 0.15) is 5.75 Å². The van der Waals surface area contributed by atoms with Crippen LogP contribution in [0.3, 0.4) is 0 Å². The van der Waals surface area contributed by atoms with Gasteiger partial charge in [-0.05, 0) is 17.7 Å². The Kier molecular flexibility index (Phi) is 4.23. The number of nitrogens with one attached hydrogen (secondary N) is 1. The highest BCUT2D eigenvalue weighted by Crippen LogP contribution is 2.28. The van der Waals surface area contributed by atoms with Crippen molar-refractivity contribution in [3.8, 4) is 5.75 Å². The quantitative estimate of drug-likeness (QED) is 0.584. The number of aromatic hydroxyl groups is 1. The third-order valence-corrected chi connectivity index (χ3v) is 2.28. The third-order valence-electron chi connectivity index (χ3n) is 1.92. The molecule has 1 rings (SSSR count). The van der Waals surface area contributed by atoms with Gasteiger partial charge in [0.25, 0.3) is 0 Å². The van der Waals surface area contributed by atoms with Crippen LogP contribution in [0.15, 0.2) is 18.2 Å². The zero-order valence-corrected chi connectivity index (χ0v) is 10.4. The van der Waals surface area contributed by atoms with E-state index < -0.39 is 22.5 Å². The van der Waals surface area contributed by atoms with E-state index in [2.05, 4.69) is 0 Å². The smallest absolute Gasteiger partial charge is 0.378 e. The van der Waals surface area contributed by atoms with E-state index in [1.54, 1.807) is 5.32 Å². The van der Waals surface area contributed by atoms with Crippen molar-refractivity contribution in [3.05, 3.63) is 23.8 Å². The van der Waals surface area contributed by atoms with Gasteiger partial charge >= 0.3 is 16.7 Å². The summed E-state index contributed by atoms with van der Waals surface area (Å²) in [6, 6.07) is 3.53. The zero-order chi connectivity index (χ0) is 13.9. The number of anilines is 1. The first kappa shape index (κ1) is 14.4. The molecular formula is C10H8BrF2NO4. The molecule has 0 heterocycles. The third kappa shape index (κ3) is 3.95. The molecule has 98 valence electrons. The number of benzene rings is 1. The lowest BCUT2D eigenvalue weighted by molar-refractivity contribution is -0.136. The Morgan fingerprint density at radius 2 is 2.00 bits per heavy atom. The Balaban J connectivity index is 2.94. The van der Waals surface area contributed by atoms with E-state index in [4.69, 9.17) is 5.11 Å². The summed E-state index contributed by atoms with van der Waals surface area (Å²) in [5.74, 6) is -3.22. The first-order valence-corrected chi connectivity index (χ1v) is 5.41. The van der Waals surface area contributed by atoms with Crippen LogP contribution in [0, 0.1) is 0 Å². The minimum Gasteiger partial charge on any atom is -0.506 e. The summed E-state index contributed by atoms with van der Waals surface area (Å²) in [5, 5.41) is 19.7. The number of aliphatic carboxylic acids is 1. The van der Waals surface area contributed by atoms with Gasteiger partial charge < -0.3 is 15.5 Å². The molecule has 18 heavy (non-hydrogen) atoms. The summed E-state index contributed by atoms with van der Waals surface area (Å²) in [7, 11) is 0. The fourth-order valence-corrected chi connectivity index (χ4v) is 1.26. The van der Waals surface area contributed by atoms with Crippen LogP contribution in [0.2, 0.25) is 0 Å². The molecule has 1 amide bonds. The number of rotatable bonds is 4. The summed E-state index contributed by atoms with van der Waals surface area (Å²) < 4.78 is 25.1. The van der Waals surface area contributed by atoms with Crippen molar-refractivity contribution in [2.45, 2.75) is 11.3 Å². The van der Waals surface area contributed by atoms with Crippen molar-refractivity contribution in [3.63, 3.8) is 0 Å². The van der Waals surface area contributed by atoms with Gasteiger partial charge in [-0.2, -0.15) is 8.78 Å². The monoisotopic (exact) mass is 323 g/mol. The van der Waals surface area contributed by atoms with Crippen molar-refractivity contribution in [1.82, 2.24) is 0 Å². The molecule has 8 heteroatoms. The van der Waals surface area contributed by atoms with Gasteiger partial charge in [0.05, 0.1) is 12.1 Å². The molecule has 0 spiro atoms. The van der Waals surface area contributed by atoms with Crippen molar-refractivity contribution in [2.24, 2.45) is 0 Å². The minimum atomic E-state index is -3.78. The van der Waals surface area contributed by atoms with E-state index in [0.29, 0.717) is 0 Å². The Labute approximate surface area is 109 Å². The highest BCUT2D eigenvalue weighted by atomic mass is 79.9. The number of halogens is 3. The maximum Gasteiger partial charge on any atom is 0.378 e. The number of alkyl halides is 3. The van der Waals surface area contributed by atoms with Gasteiger partial charge in [-0.3, -0.25) is 9.59 Å². The van der Waals surface area contributed by atoms with Gasteiger partial charge in [-0.1, -0.05) is 6.07 Å². The predicted molar refractivity (Wildman–Crippen MR) is 62.0 cm³/mol. The summed E-state index contributed by atoms with van der Waals surface area (Å²) >= 11 is 1.86. The van der Waals surface area contributed by atoms with E-state index >= 15 is 0 Å². The van der Waals surface area contributed by atoms with E-state index in [1.165, 1.54) is 6.07 Å². The number of hydrogen-bond donors (Lipinski definition) is 3. The largest absolute Gasteiger partial charge is 0.506 e. The van der Waals surface area contributed by atoms with Crippen molar-refractivity contribution in [2.75, 3.05) is 5.32 Å². The molecule has 0 atom stereocenters. The predicted octanol–water partition coefficient (Wildman–Crippen LogP) is 1.95. The van der Waals surface area contributed by atoms with Crippen molar-refractivity contribution < 1.29 is 28.6 Å². The van der Waals surface area contributed by atoms with E-state index in [9.17, 15) is 23.5 Å². The first-order valence-electron chi connectivity index (χ1n) is 4.62. The number of phenols is 1. The first-order chi connectivity index (χ1) is 8.20. The number of carboxylic acids is 1. The molecule has 0 saturated heterocycles. The van der Waals surface area contributed by atoms with E-state index in [1.807, 2.05) is 15.9 Å². The van der Waals surface area contributed by atoms with Crippen LogP contribution in [0.1, 0.15) is 5.56 Å². The second-order valence-electron chi connectivity index (χ2n) is 3.37. The Morgan fingerprint density at radius 1 is 1.39 bits per heavy atom. The number of amides is 1. The second-order valence-corrected chi connectivity index (χ2v) is 4.37. The summed E-state index contributed by atoms with van der Waals surface area (Å²) in [6.45, 7) is 0. The van der Waals surface area contributed by atoms with Gasteiger partial charge in [0, 0.05) is 15.9 Å². The number of carboxylic acid groups (broad SMARTS) is 1. The molecule has 0 aliphatic heterocycles. The number of carbonyl (C=O) groups is 2.